The second kappa shape index (κ2) is 5.51. The van der Waals surface area contributed by atoms with Crippen molar-refractivity contribution < 1.29 is 26.4 Å². The van der Waals surface area contributed by atoms with Gasteiger partial charge in [0, 0.05) is 11.6 Å². The number of hydrogen-bond acceptors (Lipinski definition) is 3. The summed E-state index contributed by atoms with van der Waals surface area (Å²) in [6, 6.07) is 2.55. The van der Waals surface area contributed by atoms with Crippen LogP contribution >= 0.6 is 11.6 Å². The van der Waals surface area contributed by atoms with E-state index < -0.39 is 26.7 Å². The number of nitrogens with zero attached hydrogens (tertiary/aromatic N) is 1. The Morgan fingerprint density at radius 3 is 2.50 bits per heavy atom. The van der Waals surface area contributed by atoms with Crippen molar-refractivity contribution >= 4 is 21.6 Å². The van der Waals surface area contributed by atoms with Gasteiger partial charge in [-0.15, -0.1) is 0 Å². The van der Waals surface area contributed by atoms with Crippen LogP contribution in [0.1, 0.15) is 18.4 Å². The van der Waals surface area contributed by atoms with Gasteiger partial charge in [-0.3, -0.25) is 4.84 Å². The highest BCUT2D eigenvalue weighted by Crippen LogP contribution is 2.37. The Balaban J connectivity index is 2.51. The van der Waals surface area contributed by atoms with Gasteiger partial charge in [0.15, 0.2) is 0 Å². The third-order valence-corrected chi connectivity index (χ3v) is 4.73. The van der Waals surface area contributed by atoms with Gasteiger partial charge >= 0.3 is 6.18 Å². The SMILES string of the molecule is O=S(=O)(c1ccc(Cl)cc1C(F)(F)F)N1CCCCO1. The molecule has 0 aliphatic carbocycles. The van der Waals surface area contributed by atoms with Gasteiger partial charge in [-0.1, -0.05) is 16.1 Å². The van der Waals surface area contributed by atoms with Crippen LogP contribution < -0.4 is 0 Å². The number of hydroxylamine groups is 1. The molecule has 0 unspecified atom stereocenters. The number of benzene rings is 1. The van der Waals surface area contributed by atoms with Gasteiger partial charge in [0.2, 0.25) is 0 Å². The van der Waals surface area contributed by atoms with Gasteiger partial charge in [0.25, 0.3) is 10.0 Å². The number of rotatable bonds is 2. The lowest BCUT2D eigenvalue weighted by atomic mass is 10.2. The van der Waals surface area contributed by atoms with E-state index in [0.717, 1.165) is 12.1 Å². The Kier molecular flexibility index (Phi) is 4.29. The average Bonchev–Trinajstić information content (AvgIpc) is 2.38. The van der Waals surface area contributed by atoms with Crippen molar-refractivity contribution in [3.05, 3.63) is 28.8 Å². The third kappa shape index (κ3) is 3.08. The molecule has 0 amide bonds. The second-order valence-corrected chi connectivity index (χ2v) is 6.44. The topological polar surface area (TPSA) is 46.6 Å². The van der Waals surface area contributed by atoms with Gasteiger partial charge in [-0.2, -0.15) is 13.2 Å². The first-order valence-corrected chi connectivity index (χ1v) is 7.57. The highest BCUT2D eigenvalue weighted by atomic mass is 35.5. The van der Waals surface area contributed by atoms with E-state index >= 15 is 0 Å². The summed E-state index contributed by atoms with van der Waals surface area (Å²) in [6.07, 6.45) is -3.62. The molecule has 1 aliphatic heterocycles. The largest absolute Gasteiger partial charge is 0.417 e. The van der Waals surface area contributed by atoms with Crippen LogP contribution in [0.2, 0.25) is 5.02 Å². The molecule has 0 N–H and O–H groups in total. The van der Waals surface area contributed by atoms with Crippen LogP contribution in [0.5, 0.6) is 0 Å². The summed E-state index contributed by atoms with van der Waals surface area (Å²) >= 11 is 5.52. The molecule has 0 spiro atoms. The van der Waals surface area contributed by atoms with Crippen LogP contribution in [0.15, 0.2) is 23.1 Å². The summed E-state index contributed by atoms with van der Waals surface area (Å²) in [5.74, 6) is 0. The summed E-state index contributed by atoms with van der Waals surface area (Å²) in [6.45, 7) is 0.191. The lowest BCUT2D eigenvalue weighted by Crippen LogP contribution is -2.36. The molecule has 4 nitrogen and oxygen atoms in total. The van der Waals surface area contributed by atoms with E-state index in [2.05, 4.69) is 0 Å². The molecule has 9 heteroatoms. The molecule has 0 aromatic heterocycles. The summed E-state index contributed by atoms with van der Waals surface area (Å²) in [4.78, 5) is 4.09. The number of sulfonamides is 1. The van der Waals surface area contributed by atoms with Crippen molar-refractivity contribution in [2.75, 3.05) is 13.2 Å². The smallest absolute Gasteiger partial charge is 0.284 e. The van der Waals surface area contributed by atoms with E-state index in [0.29, 0.717) is 23.4 Å². The van der Waals surface area contributed by atoms with Crippen molar-refractivity contribution in [3.63, 3.8) is 0 Å². The van der Waals surface area contributed by atoms with E-state index in [9.17, 15) is 21.6 Å². The predicted octanol–water partition coefficient (Wildman–Crippen LogP) is 3.07. The Morgan fingerprint density at radius 1 is 1.25 bits per heavy atom. The zero-order chi connectivity index (χ0) is 15.0. The Hall–Kier alpha value is -0.830. The van der Waals surface area contributed by atoms with Crippen molar-refractivity contribution in [1.82, 2.24) is 4.47 Å². The minimum absolute atomic E-state index is 0.0300. The van der Waals surface area contributed by atoms with Crippen molar-refractivity contribution in [2.24, 2.45) is 0 Å². The highest BCUT2D eigenvalue weighted by Gasteiger charge is 2.40. The lowest BCUT2D eigenvalue weighted by molar-refractivity contribution is -0.140. The monoisotopic (exact) mass is 329 g/mol. The maximum absolute atomic E-state index is 12.9. The van der Waals surface area contributed by atoms with Crippen molar-refractivity contribution in [2.45, 2.75) is 23.9 Å². The molecular weight excluding hydrogens is 319 g/mol. The third-order valence-electron chi connectivity index (χ3n) is 2.76. The zero-order valence-electron chi connectivity index (χ0n) is 10.2. The van der Waals surface area contributed by atoms with Crippen LogP contribution in [-0.4, -0.2) is 26.0 Å². The predicted molar refractivity (Wildman–Crippen MR) is 65.5 cm³/mol. The minimum Gasteiger partial charge on any atom is -0.284 e. The van der Waals surface area contributed by atoms with Crippen molar-refractivity contribution in [1.29, 1.82) is 0 Å². The maximum atomic E-state index is 12.9. The quantitative estimate of drug-likeness (QED) is 0.837. The van der Waals surface area contributed by atoms with E-state index in [-0.39, 0.29) is 18.2 Å². The molecule has 1 heterocycles. The molecule has 0 atom stereocenters. The molecule has 20 heavy (non-hydrogen) atoms. The first-order valence-electron chi connectivity index (χ1n) is 5.75. The van der Waals surface area contributed by atoms with Crippen LogP contribution in [0.4, 0.5) is 13.2 Å². The molecule has 0 bridgehead atoms. The zero-order valence-corrected chi connectivity index (χ0v) is 11.7. The fraction of sp³-hybridized carbons (Fsp3) is 0.455. The van der Waals surface area contributed by atoms with Crippen LogP contribution in [-0.2, 0) is 21.0 Å². The Bertz CT molecular complexity index is 597. The lowest BCUT2D eigenvalue weighted by Gasteiger charge is -2.26. The molecule has 1 aromatic carbocycles. The van der Waals surface area contributed by atoms with Gasteiger partial charge in [-0.25, -0.2) is 8.42 Å². The van der Waals surface area contributed by atoms with E-state index in [1.165, 1.54) is 0 Å². The normalized spacial score (nSPS) is 18.2. The van der Waals surface area contributed by atoms with Gasteiger partial charge in [0.05, 0.1) is 17.1 Å². The fourth-order valence-corrected chi connectivity index (χ4v) is 3.49. The molecule has 0 saturated carbocycles. The molecule has 112 valence electrons. The van der Waals surface area contributed by atoms with Crippen molar-refractivity contribution in [3.8, 4) is 0 Å². The van der Waals surface area contributed by atoms with E-state index in [4.69, 9.17) is 16.4 Å². The molecule has 1 saturated heterocycles. The average molecular weight is 330 g/mol. The fourth-order valence-electron chi connectivity index (χ4n) is 1.82. The summed E-state index contributed by atoms with van der Waals surface area (Å²) in [5.41, 5.74) is -1.29. The highest BCUT2D eigenvalue weighted by molar-refractivity contribution is 7.89. The van der Waals surface area contributed by atoms with E-state index in [1.54, 1.807) is 0 Å². The molecule has 0 radical (unpaired) electrons. The summed E-state index contributed by atoms with van der Waals surface area (Å²) in [5, 5.41) is -0.184. The molecular formula is C11H11ClF3NO3S. The van der Waals surface area contributed by atoms with Gasteiger partial charge in [0.1, 0.15) is 0 Å². The van der Waals surface area contributed by atoms with Crippen LogP contribution in [0.25, 0.3) is 0 Å². The molecule has 1 aromatic rings. The minimum atomic E-state index is -4.82. The Labute approximate surface area is 119 Å². The van der Waals surface area contributed by atoms with Crippen LogP contribution in [0.3, 0.4) is 0 Å². The number of halogens is 4. The standard InChI is InChI=1S/C11H11ClF3NO3S/c12-8-3-4-10(9(7-8)11(13,14)15)20(17,18)16-5-1-2-6-19-16/h3-4,7H,1-2,5-6H2. The number of hydrogen-bond donors (Lipinski definition) is 0. The summed E-state index contributed by atoms with van der Waals surface area (Å²) in [7, 11) is -4.36. The molecule has 2 rings (SSSR count). The molecule has 1 aliphatic rings. The first kappa shape index (κ1) is 15.6. The van der Waals surface area contributed by atoms with Gasteiger partial charge < -0.3 is 0 Å². The van der Waals surface area contributed by atoms with E-state index in [1.807, 2.05) is 0 Å². The maximum Gasteiger partial charge on any atom is 0.417 e. The Morgan fingerprint density at radius 2 is 1.95 bits per heavy atom. The first-order chi connectivity index (χ1) is 9.23. The molecule has 1 fully saturated rings. The number of alkyl halides is 3. The van der Waals surface area contributed by atoms with Crippen LogP contribution in [0, 0.1) is 0 Å². The van der Waals surface area contributed by atoms with Gasteiger partial charge in [-0.05, 0) is 31.0 Å². The second-order valence-electron chi connectivity index (χ2n) is 4.21. The summed E-state index contributed by atoms with van der Waals surface area (Å²) < 4.78 is 63.9.